The summed E-state index contributed by atoms with van der Waals surface area (Å²) in [6.07, 6.45) is 0. The fourth-order valence-electron chi connectivity index (χ4n) is 15.7. The van der Waals surface area contributed by atoms with Crippen LogP contribution in [0.25, 0.3) is 110 Å². The maximum Gasteiger partial charge on any atom is 0.252 e. The lowest BCUT2D eigenvalue weighted by Crippen LogP contribution is -2.61. The van der Waals surface area contributed by atoms with Crippen LogP contribution in [-0.4, -0.2) is 25.0 Å². The predicted molar refractivity (Wildman–Crippen MR) is 377 cm³/mol. The molecule has 19 rings (SSSR count). The summed E-state index contributed by atoms with van der Waals surface area (Å²) < 4.78 is 9.98. The van der Waals surface area contributed by atoms with Gasteiger partial charge in [0.05, 0.1) is 55.5 Å². The summed E-state index contributed by atoms with van der Waals surface area (Å²) in [6.45, 7) is 6.96. The number of fused-ring (bicyclic) bond motifs is 16. The molecule has 0 bridgehead atoms. The van der Waals surface area contributed by atoms with Gasteiger partial charge < -0.3 is 28.1 Å². The number of aromatic nitrogens is 4. The van der Waals surface area contributed by atoms with Crippen LogP contribution in [0, 0.1) is 0 Å². The van der Waals surface area contributed by atoms with Crippen LogP contribution >= 0.6 is 0 Å². The zero-order chi connectivity index (χ0) is 58.8. The molecule has 0 saturated carbocycles. The molecule has 6 heterocycles. The van der Waals surface area contributed by atoms with Crippen molar-refractivity contribution in [1.29, 1.82) is 0 Å². The topological polar surface area (TPSA) is 26.2 Å². The molecular formula is C82H57BN6. The van der Waals surface area contributed by atoms with Gasteiger partial charge in [-0.15, -0.1) is 0 Å². The fraction of sp³-hybridized carbons (Fsp3) is 0.0488. The molecule has 2 aliphatic heterocycles. The maximum atomic E-state index is 2.66. The van der Waals surface area contributed by atoms with Gasteiger partial charge in [0, 0.05) is 88.6 Å². The number of hydrogen-bond donors (Lipinski definition) is 0. The molecule has 0 aliphatic carbocycles. The van der Waals surface area contributed by atoms with Gasteiger partial charge >= 0.3 is 0 Å². The highest BCUT2D eigenvalue weighted by molar-refractivity contribution is 7.00. The second-order valence-electron chi connectivity index (χ2n) is 25.2. The molecule has 0 radical (unpaired) electrons. The Balaban J connectivity index is 0.980. The molecule has 0 unspecified atom stereocenters. The van der Waals surface area contributed by atoms with E-state index in [1.54, 1.807) is 0 Å². The number of anilines is 6. The first-order valence-electron chi connectivity index (χ1n) is 31.0. The van der Waals surface area contributed by atoms with E-state index < -0.39 is 0 Å². The Hall–Kier alpha value is -11.3. The van der Waals surface area contributed by atoms with Crippen molar-refractivity contribution in [3.8, 4) is 22.7 Å². The summed E-state index contributed by atoms with van der Waals surface area (Å²) in [6, 6.07) is 109. The van der Waals surface area contributed by atoms with Crippen LogP contribution in [0.3, 0.4) is 0 Å². The molecule has 0 atom stereocenters. The zero-order valence-corrected chi connectivity index (χ0v) is 49.5. The molecule has 7 heteroatoms. The highest BCUT2D eigenvalue weighted by Crippen LogP contribution is 2.52. The third-order valence-corrected chi connectivity index (χ3v) is 19.4. The fourth-order valence-corrected chi connectivity index (χ4v) is 15.7. The third-order valence-electron chi connectivity index (χ3n) is 19.4. The van der Waals surface area contributed by atoms with Crippen LogP contribution < -0.4 is 26.2 Å². The second kappa shape index (κ2) is 18.6. The number of benzene rings is 13. The Labute approximate surface area is 515 Å². The molecule has 6 nitrogen and oxygen atoms in total. The highest BCUT2D eigenvalue weighted by Gasteiger charge is 2.46. The number of nitrogens with zero attached hydrogens (tertiary/aromatic N) is 6. The van der Waals surface area contributed by atoms with E-state index in [1.165, 1.54) is 110 Å². The third kappa shape index (κ3) is 7.04. The van der Waals surface area contributed by atoms with Crippen molar-refractivity contribution in [3.05, 3.63) is 297 Å². The van der Waals surface area contributed by atoms with Crippen molar-refractivity contribution in [2.24, 2.45) is 0 Å². The minimum atomic E-state index is -0.273. The Kier molecular flexibility index (Phi) is 10.4. The summed E-state index contributed by atoms with van der Waals surface area (Å²) in [4.78, 5) is 5.32. The molecule has 418 valence electrons. The Morgan fingerprint density at radius 1 is 0.247 bits per heavy atom. The standard InChI is InChI=1S/C82H57BN6/c1-82(2,3)52-48-77-79-78(49-52)89(74-43-23-35-64-62-33-15-21-41-72(62)87(81(64)74)54-26-8-5-9-27-54)76-51-56(85-69-38-18-12-30-59(69)60-31-13-19-39-70(60)85)45-47-66(76)83(79)65-46-44-55(84-67-36-16-10-28-57(67)58-29-11-17-37-68(58)84)50-75(65)88(77)73-42-22-34-63-61-32-14-20-40-71(61)86(80(63)73)53-24-6-4-7-25-53/h4-51H,1-3H3. The van der Waals surface area contributed by atoms with E-state index in [4.69, 9.17) is 0 Å². The van der Waals surface area contributed by atoms with Gasteiger partial charge in [-0.25, -0.2) is 0 Å². The van der Waals surface area contributed by atoms with Gasteiger partial charge in [-0.2, -0.15) is 0 Å². The molecule has 2 aliphatic rings. The SMILES string of the molecule is CC(C)(C)c1cc2c3c(c1)N(c1cccc4c5ccccc5n(-c5ccccc5)c14)c1cc(-n4c5ccccc5c5ccccc54)ccc1B3c1ccc(-n3c4ccccc4c4ccccc43)cc1N2c1cccc2c3ccccc3n(-c3ccccc3)c12. The monoisotopic (exact) mass is 1140 g/mol. The largest absolute Gasteiger partial charge is 0.309 e. The molecule has 0 saturated heterocycles. The van der Waals surface area contributed by atoms with Crippen LogP contribution in [0.15, 0.2) is 291 Å². The number of para-hydroxylation sites is 10. The lowest BCUT2D eigenvalue weighted by atomic mass is 9.33. The molecule has 4 aromatic heterocycles. The van der Waals surface area contributed by atoms with Gasteiger partial charge in [0.15, 0.2) is 0 Å². The Morgan fingerprint density at radius 2 is 0.562 bits per heavy atom. The van der Waals surface area contributed by atoms with Crippen molar-refractivity contribution in [1.82, 2.24) is 18.3 Å². The first-order chi connectivity index (χ1) is 43.9. The van der Waals surface area contributed by atoms with E-state index in [9.17, 15) is 0 Å². The first kappa shape index (κ1) is 49.9. The molecule has 89 heavy (non-hydrogen) atoms. The average Bonchev–Trinajstić information content (AvgIpc) is 1.25. The highest BCUT2D eigenvalue weighted by atomic mass is 15.2. The summed E-state index contributed by atoms with van der Waals surface area (Å²) in [5.74, 6) is 0. The van der Waals surface area contributed by atoms with Gasteiger partial charge in [0.2, 0.25) is 0 Å². The lowest BCUT2D eigenvalue weighted by Gasteiger charge is -2.45. The van der Waals surface area contributed by atoms with Crippen molar-refractivity contribution in [3.63, 3.8) is 0 Å². The van der Waals surface area contributed by atoms with Crippen molar-refractivity contribution in [2.45, 2.75) is 26.2 Å². The maximum absolute atomic E-state index is 2.66. The quantitative estimate of drug-likeness (QED) is 0.155. The van der Waals surface area contributed by atoms with E-state index in [2.05, 4.69) is 340 Å². The van der Waals surface area contributed by atoms with Crippen LogP contribution in [0.4, 0.5) is 34.1 Å². The minimum Gasteiger partial charge on any atom is -0.309 e. The second-order valence-corrected chi connectivity index (χ2v) is 25.2. The van der Waals surface area contributed by atoms with E-state index in [-0.39, 0.29) is 12.1 Å². The summed E-state index contributed by atoms with van der Waals surface area (Å²) in [5.41, 5.74) is 25.4. The van der Waals surface area contributed by atoms with E-state index in [1.807, 2.05) is 0 Å². The summed E-state index contributed by atoms with van der Waals surface area (Å²) >= 11 is 0. The summed E-state index contributed by atoms with van der Waals surface area (Å²) in [5, 5.41) is 9.79. The van der Waals surface area contributed by atoms with Crippen LogP contribution in [0.5, 0.6) is 0 Å². The van der Waals surface area contributed by atoms with Crippen LogP contribution in [0.2, 0.25) is 0 Å². The van der Waals surface area contributed by atoms with Crippen LogP contribution in [0.1, 0.15) is 26.3 Å². The zero-order valence-electron chi connectivity index (χ0n) is 49.5. The van der Waals surface area contributed by atoms with Gasteiger partial charge in [0.1, 0.15) is 0 Å². The van der Waals surface area contributed by atoms with Gasteiger partial charge in [-0.1, -0.05) is 203 Å². The molecule has 13 aromatic carbocycles. The molecule has 0 N–H and O–H groups in total. The number of rotatable bonds is 6. The average molecular weight is 1140 g/mol. The van der Waals surface area contributed by atoms with E-state index in [0.29, 0.717) is 0 Å². The van der Waals surface area contributed by atoms with E-state index in [0.717, 1.165) is 56.5 Å². The smallest absolute Gasteiger partial charge is 0.252 e. The molecule has 0 amide bonds. The Morgan fingerprint density at radius 3 is 0.921 bits per heavy atom. The normalized spacial score (nSPS) is 13.0. The van der Waals surface area contributed by atoms with Gasteiger partial charge in [-0.3, -0.25) is 0 Å². The number of hydrogen-bond acceptors (Lipinski definition) is 2. The van der Waals surface area contributed by atoms with Crippen molar-refractivity contribution in [2.75, 3.05) is 9.80 Å². The van der Waals surface area contributed by atoms with Crippen LogP contribution in [-0.2, 0) is 5.41 Å². The Bertz CT molecular complexity index is 5360. The van der Waals surface area contributed by atoms with E-state index >= 15 is 0 Å². The van der Waals surface area contributed by atoms with Gasteiger partial charge in [0.25, 0.3) is 6.71 Å². The lowest BCUT2D eigenvalue weighted by molar-refractivity contribution is 0.590. The summed E-state index contributed by atoms with van der Waals surface area (Å²) in [7, 11) is 0. The molecule has 0 fully saturated rings. The minimum absolute atomic E-state index is 0.177. The first-order valence-corrected chi connectivity index (χ1v) is 31.0. The molecule has 17 aromatic rings. The predicted octanol–water partition coefficient (Wildman–Crippen LogP) is 19.5. The van der Waals surface area contributed by atoms with Gasteiger partial charge in [-0.05, 0) is 137 Å². The van der Waals surface area contributed by atoms with Crippen molar-refractivity contribution >= 4 is 144 Å². The molecular weight excluding hydrogens is 1080 g/mol. The molecule has 0 spiro atoms. The van der Waals surface area contributed by atoms with Crippen molar-refractivity contribution < 1.29 is 0 Å².